The fourth-order valence-corrected chi connectivity index (χ4v) is 17.5. The maximum Gasteiger partial charge on any atom is 0.350 e. The number of halogens is 12. The zero-order chi connectivity index (χ0) is 87.3. The molecule has 0 saturated carbocycles. The van der Waals surface area contributed by atoms with Gasteiger partial charge in [0.25, 0.3) is 0 Å². The minimum absolute atomic E-state index is 0.0728. The van der Waals surface area contributed by atoms with E-state index in [1.165, 1.54) is 97.6 Å². The SMILES string of the molecule is Cc1ccn([C@@H]2O[C@H](CN3CCC(c4ccc(F)cc4)CC3)[C@@H](O)C2(F)F)c(=O)n1.Cc1ccn([C@@H]2O[C@H](CN3CCCC(Cc4ccc(F)cc4)C3)[C@@H](O)C2(F)F)c(=O)n1.Cc1ccn([C@@H]2O[C@H](CN3CCCCC3Cc3ccc(F)cc3)[C@@H](O)C2(F)F)c(=O)n1.Cc1ccn([C@@H]2O[C@H](CN3CCCCC3c3ccc(F)cc3)[C@@H](O)C2(F)F)c(=O)n1. The van der Waals surface area contributed by atoms with Crippen LogP contribution >= 0.6 is 0 Å². The van der Waals surface area contributed by atoms with Crippen molar-refractivity contribution < 1.29 is 92.1 Å². The summed E-state index contributed by atoms with van der Waals surface area (Å²) in [7, 11) is 0. The van der Waals surface area contributed by atoms with Crippen LogP contribution in [-0.4, -0.2) is 222 Å². The number of hydrogen-bond acceptors (Lipinski definition) is 20. The number of likely N-dealkylation sites (tertiary alicyclic amines) is 4. The number of nitrogens with zero attached hydrogens (tertiary/aromatic N) is 12. The standard InChI is InChI=1S/2C22H26F3N3O3.2C21H24F3N3O3/c1-14-8-10-28(21(30)26-14)20-22(24,25)19(29)18(31-20)13-27-9-2-3-16(12-27)11-15-4-6-17(23)7-5-15;1-14-9-11-28(21(30)26-14)20-22(24,25)19(29)18(31-20)13-27-10-3-2-4-17(27)12-15-5-7-16(23)8-6-15;1-13-6-11-27(20(29)25-13)19-21(23,24)18(28)17(30-19)12-26-9-7-15(8-10-26)14-2-4-16(22)5-3-14;1-13-9-11-27(20(29)25-13)19-21(23,24)18(28)17(30-19)12-26-10-3-2-4-16(26)14-5-7-15(22)8-6-14/h4-8,10,16,18-20,29H,2-3,9,11-13H2,1H3;5-9,11,17-20,29H,2-4,10,12-13H2,1H3;2-6,11,15,17-19,28H,7-10,12H2,1H3;5-9,11,16-19,28H,2-4,10,12H2,1H3/t16?,18-,19-,20-;17?,18-,19-,20-;17-,18-,19-;16?,17-,18-,19-/m1111/s1. The van der Waals surface area contributed by atoms with Crippen LogP contribution in [0.1, 0.15) is 146 Å². The highest BCUT2D eigenvalue weighted by Crippen LogP contribution is 2.48. The van der Waals surface area contributed by atoms with E-state index in [1.54, 1.807) is 76.2 Å². The van der Waals surface area contributed by atoms with Crippen molar-refractivity contribution in [1.82, 2.24) is 57.8 Å². The lowest BCUT2D eigenvalue weighted by atomic mass is 9.89. The molecule has 4 aromatic heterocycles. The van der Waals surface area contributed by atoms with E-state index in [-0.39, 0.29) is 67.4 Å². The quantitative estimate of drug-likeness (QED) is 0.0581. The van der Waals surface area contributed by atoms with Gasteiger partial charge >= 0.3 is 46.4 Å². The molecule has 8 aliphatic rings. The Balaban J connectivity index is 0.000000140. The van der Waals surface area contributed by atoms with Gasteiger partial charge in [-0.15, -0.1) is 0 Å². The normalized spacial score (nSPS) is 28.5. The third-order valence-electron chi connectivity index (χ3n) is 24.1. The number of hydrogen-bond donors (Lipinski definition) is 4. The Hall–Kier alpha value is -8.92. The molecule has 3 unspecified atom stereocenters. The van der Waals surface area contributed by atoms with Gasteiger partial charge in [0.05, 0.1) is 0 Å². The highest BCUT2D eigenvalue weighted by atomic mass is 19.3. The summed E-state index contributed by atoms with van der Waals surface area (Å²) in [5.74, 6) is -15.1. The molecule has 0 aliphatic carbocycles. The second kappa shape index (κ2) is 38.7. The van der Waals surface area contributed by atoms with Crippen LogP contribution in [0.2, 0.25) is 0 Å². The molecule has 0 spiro atoms. The van der Waals surface area contributed by atoms with Gasteiger partial charge < -0.3 is 49.2 Å². The van der Waals surface area contributed by atoms with Crippen molar-refractivity contribution in [2.45, 2.75) is 220 Å². The van der Waals surface area contributed by atoms with Crippen LogP contribution in [0.15, 0.2) is 165 Å². The fraction of sp³-hybridized carbons (Fsp3) is 0.535. The Morgan fingerprint density at radius 2 is 0.697 bits per heavy atom. The van der Waals surface area contributed by atoms with E-state index in [0.717, 1.165) is 118 Å². The van der Waals surface area contributed by atoms with Gasteiger partial charge in [-0.3, -0.25) is 28.1 Å². The topological polar surface area (TPSA) is 270 Å². The average molecular weight is 1720 g/mol. The van der Waals surface area contributed by atoms with Crippen LogP contribution in [0.25, 0.3) is 0 Å². The van der Waals surface area contributed by atoms with E-state index in [2.05, 4.69) is 24.8 Å². The number of benzene rings is 4. The van der Waals surface area contributed by atoms with Crippen LogP contribution in [0, 0.1) is 56.9 Å². The molecule has 0 amide bonds. The monoisotopic (exact) mass is 1720 g/mol. The fourth-order valence-electron chi connectivity index (χ4n) is 17.5. The first-order chi connectivity index (χ1) is 58.0. The summed E-state index contributed by atoms with van der Waals surface area (Å²) in [4.78, 5) is 71.1. The average Bonchev–Trinajstić information content (AvgIpc) is 1.63. The molecule has 8 aliphatic heterocycles. The zero-order valence-corrected chi connectivity index (χ0v) is 67.6. The van der Waals surface area contributed by atoms with Gasteiger partial charge in [-0.2, -0.15) is 55.1 Å². The van der Waals surface area contributed by atoms with E-state index in [1.807, 2.05) is 14.7 Å². The summed E-state index contributed by atoms with van der Waals surface area (Å²) >= 11 is 0. The second-order valence-corrected chi connectivity index (χ2v) is 32.9. The van der Waals surface area contributed by atoms with E-state index in [9.17, 15) is 92.3 Å². The van der Waals surface area contributed by atoms with Gasteiger partial charge in [-0.1, -0.05) is 61.4 Å². The number of piperidine rings is 4. The molecule has 0 bridgehead atoms. The lowest BCUT2D eigenvalue weighted by Crippen LogP contribution is -2.48. The van der Waals surface area contributed by atoms with Crippen LogP contribution < -0.4 is 22.8 Å². The molecule has 8 fully saturated rings. The molecule has 8 aromatic rings. The number of alkyl halides is 8. The zero-order valence-electron chi connectivity index (χ0n) is 67.6. The van der Waals surface area contributed by atoms with Crippen molar-refractivity contribution >= 4 is 0 Å². The molecular formula is C86H100F12N12O12. The predicted octanol–water partition coefficient (Wildman–Crippen LogP) is 10.5. The molecule has 122 heavy (non-hydrogen) atoms. The van der Waals surface area contributed by atoms with Gasteiger partial charge in [0.2, 0.25) is 24.9 Å². The molecule has 0 radical (unpaired) electrons. The van der Waals surface area contributed by atoms with Crippen LogP contribution in [0.5, 0.6) is 0 Å². The van der Waals surface area contributed by atoms with Gasteiger partial charge in [0, 0.05) is 92.4 Å². The Morgan fingerprint density at radius 1 is 0.361 bits per heavy atom. The third-order valence-corrected chi connectivity index (χ3v) is 24.1. The number of rotatable bonds is 18. The Bertz CT molecular complexity index is 5070. The highest BCUT2D eigenvalue weighted by molar-refractivity contribution is 5.24. The Labute approximate surface area is 694 Å². The molecule has 4 N–H and O–H groups in total. The van der Waals surface area contributed by atoms with E-state index in [0.29, 0.717) is 67.8 Å². The summed E-state index contributed by atoms with van der Waals surface area (Å²) in [5, 5.41) is 41.2. The molecule has 8 saturated heterocycles. The number of aryl methyl sites for hydroxylation is 4. The van der Waals surface area contributed by atoms with E-state index >= 15 is 0 Å². The molecule has 4 aromatic carbocycles. The van der Waals surface area contributed by atoms with Crippen LogP contribution in [0.3, 0.4) is 0 Å². The molecule has 660 valence electrons. The molecule has 12 heterocycles. The maximum absolute atomic E-state index is 14.8. The van der Waals surface area contributed by atoms with Crippen molar-refractivity contribution in [3.63, 3.8) is 0 Å². The first kappa shape index (κ1) is 90.8. The maximum atomic E-state index is 14.8. The molecule has 24 nitrogen and oxygen atoms in total. The molecular weight excluding hydrogens is 1620 g/mol. The third kappa shape index (κ3) is 21.0. The molecule has 15 atom stereocenters. The Morgan fingerprint density at radius 3 is 1.09 bits per heavy atom. The van der Waals surface area contributed by atoms with Gasteiger partial charge in [0.1, 0.15) is 72.1 Å². The highest BCUT2D eigenvalue weighted by Gasteiger charge is 2.64. The molecule has 36 heteroatoms. The summed E-state index contributed by atoms with van der Waals surface area (Å²) in [6, 6.07) is 31.0. The van der Waals surface area contributed by atoms with Crippen LogP contribution in [0.4, 0.5) is 52.7 Å². The minimum Gasteiger partial charge on any atom is -0.384 e. The van der Waals surface area contributed by atoms with Crippen molar-refractivity contribution in [2.24, 2.45) is 5.92 Å². The minimum atomic E-state index is -3.65. The van der Waals surface area contributed by atoms with Crippen LogP contribution in [-0.2, 0) is 31.8 Å². The summed E-state index contributed by atoms with van der Waals surface area (Å²) in [6.45, 7) is 10.9. The van der Waals surface area contributed by atoms with E-state index < -0.39 is 120 Å². The lowest BCUT2D eigenvalue weighted by Gasteiger charge is -2.37. The van der Waals surface area contributed by atoms with Gasteiger partial charge in [0.15, 0.2) is 0 Å². The predicted molar refractivity (Wildman–Crippen MR) is 420 cm³/mol. The number of ether oxygens (including phenoxy) is 4. The number of aromatic nitrogens is 8. The van der Waals surface area contributed by atoms with Crippen molar-refractivity contribution in [2.75, 3.05) is 65.4 Å². The molecule has 16 rings (SSSR count). The first-order valence-electron chi connectivity index (χ1n) is 41.0. The second-order valence-electron chi connectivity index (χ2n) is 32.9. The smallest absolute Gasteiger partial charge is 0.350 e. The first-order valence-corrected chi connectivity index (χ1v) is 41.0. The summed E-state index contributed by atoms with van der Waals surface area (Å²) < 4.78 is 196. The number of aliphatic hydroxyl groups excluding tert-OH is 4. The van der Waals surface area contributed by atoms with Crippen molar-refractivity contribution in [3.8, 4) is 0 Å². The van der Waals surface area contributed by atoms with Gasteiger partial charge in [-0.05, 0) is 232 Å². The van der Waals surface area contributed by atoms with Crippen molar-refractivity contribution in [1.29, 1.82) is 0 Å². The largest absolute Gasteiger partial charge is 0.384 e. The van der Waals surface area contributed by atoms with Gasteiger partial charge in [-0.25, -0.2) is 36.7 Å². The van der Waals surface area contributed by atoms with E-state index in [4.69, 9.17) is 18.9 Å². The summed E-state index contributed by atoms with van der Waals surface area (Å²) in [5.41, 5.74) is 2.23. The van der Waals surface area contributed by atoms with Crippen molar-refractivity contribution in [3.05, 3.63) is 256 Å². The lowest BCUT2D eigenvalue weighted by molar-refractivity contribution is -0.141. The Kier molecular flexibility index (Phi) is 28.8. The number of aliphatic hydroxyl groups is 4. The summed E-state index contributed by atoms with van der Waals surface area (Å²) in [6.07, 6.45) is -5.10.